The third kappa shape index (κ3) is 1.09. The molecule has 0 aliphatic rings. The molecule has 0 radical (unpaired) electrons. The van der Waals surface area contributed by atoms with Gasteiger partial charge in [0.15, 0.2) is 5.95 Å². The number of anilines is 1. The van der Waals surface area contributed by atoms with Gasteiger partial charge in [0.1, 0.15) is 0 Å². The maximum atomic E-state index is 5.36. The van der Waals surface area contributed by atoms with Gasteiger partial charge in [-0.1, -0.05) is 0 Å². The van der Waals surface area contributed by atoms with Crippen LogP contribution in [0.1, 0.15) is 11.4 Å². The summed E-state index contributed by atoms with van der Waals surface area (Å²) in [5, 5.41) is 0. The van der Waals surface area contributed by atoms with Gasteiger partial charge in [0.25, 0.3) is 0 Å². The van der Waals surface area contributed by atoms with Crippen LogP contribution in [0.2, 0.25) is 0 Å². The topological polar surface area (TPSA) is 107 Å². The van der Waals surface area contributed by atoms with Crippen molar-refractivity contribution in [2.45, 2.75) is 13.1 Å². The summed E-state index contributed by atoms with van der Waals surface area (Å²) in [4.78, 5) is 6.72. The first-order valence-corrected chi connectivity index (χ1v) is 3.01. The van der Waals surface area contributed by atoms with Crippen molar-refractivity contribution >= 4 is 5.95 Å². The molecule has 0 aliphatic carbocycles. The summed E-state index contributed by atoms with van der Waals surface area (Å²) >= 11 is 0. The number of aromatic amines is 1. The molecule has 0 bridgehead atoms. The van der Waals surface area contributed by atoms with Crippen molar-refractivity contribution in [3.8, 4) is 0 Å². The van der Waals surface area contributed by atoms with Gasteiger partial charge in [-0.3, -0.25) is 0 Å². The van der Waals surface area contributed by atoms with Crippen LogP contribution in [0.3, 0.4) is 0 Å². The largest absolute Gasteiger partial charge is 0.369 e. The molecule has 10 heavy (non-hydrogen) atoms. The van der Waals surface area contributed by atoms with E-state index in [9.17, 15) is 0 Å². The molecule has 1 aromatic rings. The lowest BCUT2D eigenvalue weighted by Crippen LogP contribution is -2.05. The molecule has 7 N–H and O–H groups in total. The van der Waals surface area contributed by atoms with Gasteiger partial charge in [-0.05, 0) is 0 Å². The third-order valence-corrected chi connectivity index (χ3v) is 1.28. The molecule has 0 spiro atoms. The monoisotopic (exact) mass is 141 g/mol. The van der Waals surface area contributed by atoms with Crippen LogP contribution in [-0.2, 0) is 13.1 Å². The molecule has 5 heteroatoms. The summed E-state index contributed by atoms with van der Waals surface area (Å²) in [7, 11) is 0. The van der Waals surface area contributed by atoms with Crippen molar-refractivity contribution in [1.29, 1.82) is 0 Å². The molecule has 0 saturated carbocycles. The van der Waals surface area contributed by atoms with E-state index in [-0.39, 0.29) is 0 Å². The minimum atomic E-state index is 0.375. The van der Waals surface area contributed by atoms with Crippen molar-refractivity contribution in [3.63, 3.8) is 0 Å². The van der Waals surface area contributed by atoms with E-state index in [0.717, 1.165) is 11.4 Å². The van der Waals surface area contributed by atoms with Gasteiger partial charge in [0.05, 0.1) is 11.4 Å². The second-order valence-corrected chi connectivity index (χ2v) is 1.96. The second kappa shape index (κ2) is 2.68. The molecule has 56 valence electrons. The number of aromatic nitrogens is 2. The highest BCUT2D eigenvalue weighted by Crippen LogP contribution is 2.04. The van der Waals surface area contributed by atoms with Crippen LogP contribution >= 0.6 is 0 Å². The Hall–Kier alpha value is -1.07. The Morgan fingerprint density at radius 2 is 2.00 bits per heavy atom. The van der Waals surface area contributed by atoms with Crippen LogP contribution in [-0.4, -0.2) is 9.97 Å². The van der Waals surface area contributed by atoms with Crippen molar-refractivity contribution < 1.29 is 0 Å². The normalized spacial score (nSPS) is 10.2. The average Bonchev–Trinajstić information content (AvgIpc) is 2.30. The molecular formula is C5H11N5. The van der Waals surface area contributed by atoms with E-state index < -0.39 is 0 Å². The van der Waals surface area contributed by atoms with E-state index in [1.54, 1.807) is 0 Å². The molecule has 0 saturated heterocycles. The quantitative estimate of drug-likeness (QED) is 0.419. The molecule has 1 heterocycles. The Morgan fingerprint density at radius 3 is 2.40 bits per heavy atom. The number of nitrogens with zero attached hydrogens (tertiary/aromatic N) is 1. The number of hydrogen-bond acceptors (Lipinski definition) is 4. The maximum absolute atomic E-state index is 5.36. The predicted molar refractivity (Wildman–Crippen MR) is 38.8 cm³/mol. The van der Waals surface area contributed by atoms with E-state index in [4.69, 9.17) is 17.2 Å². The van der Waals surface area contributed by atoms with Gasteiger partial charge in [-0.2, -0.15) is 0 Å². The van der Waals surface area contributed by atoms with Gasteiger partial charge < -0.3 is 22.2 Å². The highest BCUT2D eigenvalue weighted by atomic mass is 15.0. The lowest BCUT2D eigenvalue weighted by Gasteiger charge is -1.91. The minimum absolute atomic E-state index is 0.375. The number of nitrogens with two attached hydrogens (primary N) is 3. The molecule has 5 nitrogen and oxygen atoms in total. The first-order chi connectivity index (χ1) is 4.77. The molecule has 1 aromatic heterocycles. The molecule has 0 aliphatic heterocycles. The molecule has 0 amide bonds. The van der Waals surface area contributed by atoms with Crippen LogP contribution in [0.15, 0.2) is 0 Å². The minimum Gasteiger partial charge on any atom is -0.369 e. The smallest absolute Gasteiger partial charge is 0.197 e. The summed E-state index contributed by atoms with van der Waals surface area (Å²) in [5.41, 5.74) is 17.6. The first kappa shape index (κ1) is 7.04. The van der Waals surface area contributed by atoms with Crippen molar-refractivity contribution in [1.82, 2.24) is 9.97 Å². The summed E-state index contributed by atoms with van der Waals surface area (Å²) in [6, 6.07) is 0. The van der Waals surface area contributed by atoms with E-state index in [0.29, 0.717) is 19.0 Å². The van der Waals surface area contributed by atoms with E-state index >= 15 is 0 Å². The van der Waals surface area contributed by atoms with Gasteiger partial charge >= 0.3 is 0 Å². The van der Waals surface area contributed by atoms with Crippen LogP contribution in [0.4, 0.5) is 5.95 Å². The second-order valence-electron chi connectivity index (χ2n) is 1.96. The Labute approximate surface area is 58.6 Å². The number of nitrogen functional groups attached to an aromatic ring is 1. The molecule has 0 aromatic carbocycles. The standard InChI is InChI=1S/C5H11N5/c6-1-3-4(2-7)10-5(8)9-3/h1-2,6-7H2,(H3,8,9,10). The zero-order valence-electron chi connectivity index (χ0n) is 5.59. The molecule has 0 unspecified atom stereocenters. The summed E-state index contributed by atoms with van der Waals surface area (Å²) in [5.74, 6) is 0.376. The number of imidazole rings is 1. The van der Waals surface area contributed by atoms with E-state index in [2.05, 4.69) is 9.97 Å². The Balaban J connectivity index is 2.96. The SMILES string of the molecule is NCc1nc(N)[nH]c1CN. The van der Waals surface area contributed by atoms with E-state index in [1.807, 2.05) is 0 Å². The number of rotatable bonds is 2. The zero-order chi connectivity index (χ0) is 7.56. The Kier molecular flexibility index (Phi) is 1.88. The highest BCUT2D eigenvalue weighted by Gasteiger charge is 2.03. The van der Waals surface area contributed by atoms with Gasteiger partial charge in [0, 0.05) is 13.1 Å². The van der Waals surface area contributed by atoms with Crippen LogP contribution < -0.4 is 17.2 Å². The lowest BCUT2D eigenvalue weighted by atomic mass is 10.3. The number of hydrogen-bond donors (Lipinski definition) is 4. The fourth-order valence-electron chi connectivity index (χ4n) is 0.805. The fourth-order valence-corrected chi connectivity index (χ4v) is 0.805. The maximum Gasteiger partial charge on any atom is 0.197 e. The fraction of sp³-hybridized carbons (Fsp3) is 0.400. The molecule has 0 fully saturated rings. The summed E-state index contributed by atoms with van der Waals surface area (Å²) in [6.45, 7) is 0.775. The highest BCUT2D eigenvalue weighted by molar-refractivity contribution is 5.25. The zero-order valence-corrected chi connectivity index (χ0v) is 5.59. The Bertz CT molecular complexity index is 194. The van der Waals surface area contributed by atoms with Crippen LogP contribution in [0.5, 0.6) is 0 Å². The average molecular weight is 141 g/mol. The predicted octanol–water partition coefficient (Wildman–Crippen LogP) is -1.09. The van der Waals surface area contributed by atoms with Gasteiger partial charge in [-0.15, -0.1) is 0 Å². The lowest BCUT2D eigenvalue weighted by molar-refractivity contribution is 0.931. The van der Waals surface area contributed by atoms with Crippen molar-refractivity contribution in [3.05, 3.63) is 11.4 Å². The molecular weight excluding hydrogens is 130 g/mol. The van der Waals surface area contributed by atoms with E-state index in [1.165, 1.54) is 0 Å². The molecule has 1 rings (SSSR count). The third-order valence-electron chi connectivity index (χ3n) is 1.28. The Morgan fingerprint density at radius 1 is 1.30 bits per heavy atom. The van der Waals surface area contributed by atoms with Crippen molar-refractivity contribution in [2.24, 2.45) is 11.5 Å². The first-order valence-electron chi connectivity index (χ1n) is 3.01. The number of nitrogens with one attached hydrogen (secondary N) is 1. The van der Waals surface area contributed by atoms with Gasteiger partial charge in [-0.25, -0.2) is 4.98 Å². The number of H-pyrrole nitrogens is 1. The van der Waals surface area contributed by atoms with Crippen molar-refractivity contribution in [2.75, 3.05) is 5.73 Å². The summed E-state index contributed by atoms with van der Waals surface area (Å²) < 4.78 is 0. The van der Waals surface area contributed by atoms with Gasteiger partial charge in [0.2, 0.25) is 0 Å². The van der Waals surface area contributed by atoms with Crippen LogP contribution in [0, 0.1) is 0 Å². The molecule has 0 atom stereocenters. The van der Waals surface area contributed by atoms with Crippen LogP contribution in [0.25, 0.3) is 0 Å². The summed E-state index contributed by atoms with van der Waals surface area (Å²) in [6.07, 6.45) is 0.